The van der Waals surface area contributed by atoms with Crippen LogP contribution < -0.4 is 5.56 Å². The Hall–Kier alpha value is -3.56. The highest BCUT2D eigenvalue weighted by molar-refractivity contribution is 5.98. The lowest BCUT2D eigenvalue weighted by atomic mass is 10.1. The van der Waals surface area contributed by atoms with E-state index in [1.165, 1.54) is 4.68 Å². The highest BCUT2D eigenvalue weighted by Gasteiger charge is 2.12. The zero-order valence-electron chi connectivity index (χ0n) is 13.4. The van der Waals surface area contributed by atoms with Gasteiger partial charge >= 0.3 is 5.97 Å². The lowest BCUT2D eigenvalue weighted by Crippen LogP contribution is -2.10. The standard InChI is InChI=1S/C15H14N6O4/c1-8(19-25-7-12(22)23)10-4-3-5-11(6-10)21-14-13(18-20-21)15(24)17-9(2)16-14/h3-6H,7H2,1-2H3,(H,22,23)(H,16,17,24)/b19-8-. The van der Waals surface area contributed by atoms with Gasteiger partial charge in [0, 0.05) is 5.56 Å². The highest BCUT2D eigenvalue weighted by Crippen LogP contribution is 2.14. The number of aliphatic carboxylic acids is 1. The minimum Gasteiger partial charge on any atom is -0.479 e. The smallest absolute Gasteiger partial charge is 0.344 e. The molecule has 25 heavy (non-hydrogen) atoms. The SMILES string of the molecule is C/C(=N/OCC(=O)O)c1cccc(-n2nnc3c(=O)[nH]c(C)nc32)c1. The second-order valence-corrected chi connectivity index (χ2v) is 5.22. The van der Waals surface area contributed by atoms with Gasteiger partial charge in [0.1, 0.15) is 5.82 Å². The van der Waals surface area contributed by atoms with Gasteiger partial charge in [-0.1, -0.05) is 22.5 Å². The zero-order valence-corrected chi connectivity index (χ0v) is 13.4. The Bertz CT molecular complexity index is 1040. The maximum Gasteiger partial charge on any atom is 0.344 e. The summed E-state index contributed by atoms with van der Waals surface area (Å²) in [7, 11) is 0. The second kappa shape index (κ2) is 6.51. The Morgan fingerprint density at radius 2 is 2.24 bits per heavy atom. The first-order valence-electron chi connectivity index (χ1n) is 7.27. The molecular weight excluding hydrogens is 328 g/mol. The number of H-pyrrole nitrogens is 1. The molecule has 0 aliphatic rings. The number of nitrogens with one attached hydrogen (secondary N) is 1. The van der Waals surface area contributed by atoms with Crippen LogP contribution in [0.3, 0.4) is 0 Å². The molecule has 0 atom stereocenters. The molecule has 0 saturated carbocycles. The fraction of sp³-hybridized carbons (Fsp3) is 0.200. The number of aryl methyl sites for hydroxylation is 1. The van der Waals surface area contributed by atoms with Gasteiger partial charge < -0.3 is 14.9 Å². The third kappa shape index (κ3) is 3.37. The lowest BCUT2D eigenvalue weighted by molar-refractivity contribution is -0.142. The van der Waals surface area contributed by atoms with E-state index in [1.54, 1.807) is 38.1 Å². The number of fused-ring (bicyclic) bond motifs is 1. The van der Waals surface area contributed by atoms with E-state index in [9.17, 15) is 9.59 Å². The van der Waals surface area contributed by atoms with Gasteiger partial charge in [0.25, 0.3) is 5.56 Å². The maximum absolute atomic E-state index is 11.9. The molecule has 0 spiro atoms. The number of hydrogen-bond acceptors (Lipinski definition) is 7. The van der Waals surface area contributed by atoms with E-state index in [-0.39, 0.29) is 11.1 Å². The number of nitrogens with zero attached hydrogens (tertiary/aromatic N) is 5. The van der Waals surface area contributed by atoms with Gasteiger partial charge in [-0.25, -0.2) is 9.78 Å². The molecule has 3 rings (SSSR count). The van der Waals surface area contributed by atoms with Crippen molar-refractivity contribution in [3.8, 4) is 5.69 Å². The first kappa shape index (κ1) is 16.3. The van der Waals surface area contributed by atoms with Crippen LogP contribution in [0.25, 0.3) is 16.9 Å². The van der Waals surface area contributed by atoms with E-state index in [2.05, 4.69) is 25.4 Å². The molecule has 10 nitrogen and oxygen atoms in total. The third-order valence-corrected chi connectivity index (χ3v) is 3.33. The van der Waals surface area contributed by atoms with Crippen LogP contribution in [0.5, 0.6) is 0 Å². The van der Waals surface area contributed by atoms with Crippen LogP contribution >= 0.6 is 0 Å². The topological polar surface area (TPSA) is 135 Å². The van der Waals surface area contributed by atoms with Gasteiger partial charge in [-0.05, 0) is 26.0 Å². The number of benzene rings is 1. The van der Waals surface area contributed by atoms with Crippen molar-refractivity contribution in [2.75, 3.05) is 6.61 Å². The Morgan fingerprint density at radius 3 is 3.00 bits per heavy atom. The van der Waals surface area contributed by atoms with E-state index in [1.807, 2.05) is 0 Å². The minimum atomic E-state index is -1.11. The molecule has 0 radical (unpaired) electrons. The number of rotatable bonds is 5. The first-order valence-corrected chi connectivity index (χ1v) is 7.27. The Morgan fingerprint density at radius 1 is 1.44 bits per heavy atom. The summed E-state index contributed by atoms with van der Waals surface area (Å²) in [6.07, 6.45) is 0. The molecule has 0 aliphatic carbocycles. The van der Waals surface area contributed by atoms with Crippen LogP contribution in [0.4, 0.5) is 0 Å². The van der Waals surface area contributed by atoms with Crippen molar-refractivity contribution < 1.29 is 14.7 Å². The van der Waals surface area contributed by atoms with Crippen molar-refractivity contribution in [3.05, 3.63) is 46.0 Å². The number of oxime groups is 1. The summed E-state index contributed by atoms with van der Waals surface area (Å²) in [4.78, 5) is 33.9. The molecule has 2 N–H and O–H groups in total. The largest absolute Gasteiger partial charge is 0.479 e. The Labute approximate surface area is 140 Å². The van der Waals surface area contributed by atoms with Crippen molar-refractivity contribution in [1.82, 2.24) is 25.0 Å². The van der Waals surface area contributed by atoms with Crippen LogP contribution in [0, 0.1) is 6.92 Å². The molecule has 0 unspecified atom stereocenters. The average molecular weight is 342 g/mol. The normalized spacial score (nSPS) is 11.7. The summed E-state index contributed by atoms with van der Waals surface area (Å²) in [6.45, 7) is 2.84. The Balaban J connectivity index is 2.00. The van der Waals surface area contributed by atoms with Gasteiger partial charge in [0.15, 0.2) is 11.2 Å². The molecule has 2 heterocycles. The van der Waals surface area contributed by atoms with Gasteiger partial charge in [-0.3, -0.25) is 4.79 Å². The van der Waals surface area contributed by atoms with E-state index < -0.39 is 12.6 Å². The van der Waals surface area contributed by atoms with Crippen molar-refractivity contribution in [3.63, 3.8) is 0 Å². The van der Waals surface area contributed by atoms with Crippen LogP contribution in [0.2, 0.25) is 0 Å². The number of carbonyl (C=O) groups is 1. The highest BCUT2D eigenvalue weighted by atomic mass is 16.6. The van der Waals surface area contributed by atoms with Crippen LogP contribution in [-0.2, 0) is 9.63 Å². The Kier molecular flexibility index (Phi) is 4.25. The maximum atomic E-state index is 11.9. The molecule has 2 aromatic heterocycles. The van der Waals surface area contributed by atoms with E-state index in [4.69, 9.17) is 9.94 Å². The molecule has 128 valence electrons. The molecule has 0 aliphatic heterocycles. The predicted molar refractivity (Wildman–Crippen MR) is 87.8 cm³/mol. The monoisotopic (exact) mass is 342 g/mol. The molecule has 0 fully saturated rings. The molecule has 1 aromatic carbocycles. The zero-order chi connectivity index (χ0) is 18.0. The summed E-state index contributed by atoms with van der Waals surface area (Å²) in [5.74, 6) is -0.650. The lowest BCUT2D eigenvalue weighted by Gasteiger charge is -2.05. The summed E-state index contributed by atoms with van der Waals surface area (Å²) < 4.78 is 1.45. The number of hydrogen-bond donors (Lipinski definition) is 2. The average Bonchev–Trinajstić information content (AvgIpc) is 2.98. The molecule has 0 amide bonds. The second-order valence-electron chi connectivity index (χ2n) is 5.22. The summed E-state index contributed by atoms with van der Waals surface area (Å²) in [6, 6.07) is 7.10. The molecular formula is C15H14N6O4. The number of carboxylic acid groups (broad SMARTS) is 1. The number of aromatic amines is 1. The van der Waals surface area contributed by atoms with E-state index in [0.717, 1.165) is 0 Å². The molecule has 3 aromatic rings. The van der Waals surface area contributed by atoms with E-state index in [0.29, 0.717) is 28.4 Å². The fourth-order valence-electron chi connectivity index (χ4n) is 2.21. The van der Waals surface area contributed by atoms with Gasteiger partial charge in [-0.2, -0.15) is 4.68 Å². The summed E-state index contributed by atoms with van der Waals surface area (Å²) in [5, 5.41) is 20.2. The summed E-state index contributed by atoms with van der Waals surface area (Å²) >= 11 is 0. The predicted octanol–water partition coefficient (Wildman–Crippen LogP) is 0.637. The van der Waals surface area contributed by atoms with Crippen molar-refractivity contribution in [2.45, 2.75) is 13.8 Å². The van der Waals surface area contributed by atoms with Crippen LogP contribution in [0.15, 0.2) is 34.2 Å². The number of aromatic nitrogens is 5. The van der Waals surface area contributed by atoms with Gasteiger partial charge in [-0.15, -0.1) is 5.10 Å². The van der Waals surface area contributed by atoms with Crippen molar-refractivity contribution in [1.29, 1.82) is 0 Å². The van der Waals surface area contributed by atoms with Gasteiger partial charge in [0.2, 0.25) is 6.61 Å². The van der Waals surface area contributed by atoms with Crippen LogP contribution in [0.1, 0.15) is 18.3 Å². The van der Waals surface area contributed by atoms with Crippen molar-refractivity contribution >= 4 is 22.8 Å². The minimum absolute atomic E-state index is 0.145. The number of carboxylic acids is 1. The molecule has 0 saturated heterocycles. The summed E-state index contributed by atoms with van der Waals surface area (Å²) in [5.41, 5.74) is 1.96. The third-order valence-electron chi connectivity index (χ3n) is 3.33. The fourth-order valence-corrected chi connectivity index (χ4v) is 2.21. The first-order chi connectivity index (χ1) is 12.0. The quantitative estimate of drug-likeness (QED) is 0.513. The molecule has 10 heteroatoms. The van der Waals surface area contributed by atoms with Crippen molar-refractivity contribution in [2.24, 2.45) is 5.16 Å². The molecule has 0 bridgehead atoms. The van der Waals surface area contributed by atoms with E-state index >= 15 is 0 Å². The van der Waals surface area contributed by atoms with Gasteiger partial charge in [0.05, 0.1) is 11.4 Å². The van der Waals surface area contributed by atoms with Crippen LogP contribution in [-0.4, -0.2) is 48.4 Å².